The zero-order valence-electron chi connectivity index (χ0n) is 14.2. The summed E-state index contributed by atoms with van der Waals surface area (Å²) in [7, 11) is 0.985. The number of amides is 1. The Morgan fingerprint density at radius 3 is 2.26 bits per heavy atom. The van der Waals surface area contributed by atoms with Crippen molar-refractivity contribution in [3.8, 4) is 0 Å². The van der Waals surface area contributed by atoms with E-state index >= 15 is 0 Å². The number of hydrogen-bond acceptors (Lipinski definition) is 7. The van der Waals surface area contributed by atoms with Crippen LogP contribution in [0.25, 0.3) is 0 Å². The van der Waals surface area contributed by atoms with Gasteiger partial charge in [-0.25, -0.2) is 4.79 Å². The molecule has 0 aromatic heterocycles. The molecule has 0 radical (unpaired) electrons. The van der Waals surface area contributed by atoms with Gasteiger partial charge < -0.3 is 14.4 Å². The summed E-state index contributed by atoms with van der Waals surface area (Å²) >= 11 is 0. The monoisotopic (exact) mass is 392 g/mol. The average molecular weight is 392 g/mol. The van der Waals surface area contributed by atoms with Gasteiger partial charge in [-0.2, -0.15) is 13.2 Å². The fraction of sp³-hybridized carbons (Fsp3) is 0.400. The van der Waals surface area contributed by atoms with Crippen LogP contribution in [-0.2, 0) is 14.3 Å². The SMILES string of the molecule is CCOC(=O)CN(CC(F)(F)F)C(=O)c1cc(C(=O)OC)cc([N+](=O)[O-])c1. The predicted octanol–water partition coefficient (Wildman–Crippen LogP) is 1.95. The highest BCUT2D eigenvalue weighted by molar-refractivity contribution is 6.00. The summed E-state index contributed by atoms with van der Waals surface area (Å²) in [5.41, 5.74) is -1.69. The third-order valence-electron chi connectivity index (χ3n) is 3.08. The third kappa shape index (κ3) is 6.56. The molecule has 1 aromatic rings. The van der Waals surface area contributed by atoms with Gasteiger partial charge in [0.15, 0.2) is 0 Å². The highest BCUT2D eigenvalue weighted by atomic mass is 19.4. The van der Waals surface area contributed by atoms with E-state index in [-0.39, 0.29) is 11.5 Å². The van der Waals surface area contributed by atoms with Crippen LogP contribution in [-0.4, -0.2) is 60.7 Å². The first-order valence-electron chi connectivity index (χ1n) is 7.38. The van der Waals surface area contributed by atoms with Gasteiger partial charge in [0, 0.05) is 17.7 Å². The molecule has 1 aromatic carbocycles. The number of ether oxygens (including phenoxy) is 2. The molecule has 0 spiro atoms. The number of rotatable bonds is 7. The number of halogens is 3. The zero-order chi connectivity index (χ0) is 20.8. The molecule has 9 nitrogen and oxygen atoms in total. The maximum atomic E-state index is 12.8. The maximum Gasteiger partial charge on any atom is 0.406 e. The summed E-state index contributed by atoms with van der Waals surface area (Å²) in [5, 5.41) is 11.0. The van der Waals surface area contributed by atoms with Crippen LogP contribution in [0.4, 0.5) is 18.9 Å². The fourth-order valence-electron chi connectivity index (χ4n) is 2.04. The molecule has 27 heavy (non-hydrogen) atoms. The average Bonchev–Trinajstić information content (AvgIpc) is 2.58. The number of nitro groups is 1. The molecule has 0 bridgehead atoms. The lowest BCUT2D eigenvalue weighted by Gasteiger charge is -2.23. The molecule has 0 aliphatic rings. The van der Waals surface area contributed by atoms with Crippen LogP contribution >= 0.6 is 0 Å². The molecule has 0 aliphatic carbocycles. The molecular weight excluding hydrogens is 377 g/mol. The van der Waals surface area contributed by atoms with Gasteiger partial charge in [0.2, 0.25) is 0 Å². The van der Waals surface area contributed by atoms with E-state index in [2.05, 4.69) is 9.47 Å². The van der Waals surface area contributed by atoms with Crippen LogP contribution in [0, 0.1) is 10.1 Å². The summed E-state index contributed by atoms with van der Waals surface area (Å²) in [5.74, 6) is -3.46. The molecule has 0 saturated carbocycles. The summed E-state index contributed by atoms with van der Waals surface area (Å²) in [6, 6.07) is 2.35. The van der Waals surface area contributed by atoms with Crippen LogP contribution in [0.3, 0.4) is 0 Å². The number of methoxy groups -OCH3 is 1. The van der Waals surface area contributed by atoms with E-state index in [1.165, 1.54) is 6.92 Å². The lowest BCUT2D eigenvalue weighted by Crippen LogP contribution is -2.42. The van der Waals surface area contributed by atoms with Crippen LogP contribution in [0.15, 0.2) is 18.2 Å². The van der Waals surface area contributed by atoms with E-state index in [0.717, 1.165) is 19.2 Å². The first-order valence-corrected chi connectivity index (χ1v) is 7.38. The number of benzene rings is 1. The Morgan fingerprint density at radius 2 is 1.78 bits per heavy atom. The first-order chi connectivity index (χ1) is 12.5. The minimum atomic E-state index is -4.84. The Morgan fingerprint density at radius 1 is 1.19 bits per heavy atom. The summed E-state index contributed by atoms with van der Waals surface area (Å²) < 4.78 is 47.2. The molecule has 12 heteroatoms. The summed E-state index contributed by atoms with van der Waals surface area (Å²) in [6.07, 6.45) is -4.84. The maximum absolute atomic E-state index is 12.8. The van der Waals surface area contributed by atoms with Crippen molar-refractivity contribution in [3.63, 3.8) is 0 Å². The van der Waals surface area contributed by atoms with Crippen molar-refractivity contribution >= 4 is 23.5 Å². The highest BCUT2D eigenvalue weighted by Crippen LogP contribution is 2.22. The molecule has 0 N–H and O–H groups in total. The Hall–Kier alpha value is -3.18. The van der Waals surface area contributed by atoms with Gasteiger partial charge >= 0.3 is 18.1 Å². The van der Waals surface area contributed by atoms with E-state index < -0.39 is 58.8 Å². The highest BCUT2D eigenvalue weighted by Gasteiger charge is 2.35. The number of nitrogens with zero attached hydrogens (tertiary/aromatic N) is 2. The fourth-order valence-corrected chi connectivity index (χ4v) is 2.04. The molecule has 0 aliphatic heterocycles. The predicted molar refractivity (Wildman–Crippen MR) is 83.0 cm³/mol. The second-order valence-corrected chi connectivity index (χ2v) is 5.10. The number of esters is 2. The standard InChI is InChI=1S/C15H15F3N2O7/c1-3-27-12(21)7-19(8-15(16,17)18)13(22)9-4-10(14(23)26-2)6-11(5-9)20(24)25/h4-6H,3,7-8H2,1-2H3. The number of nitro benzene ring substituents is 1. The molecule has 148 valence electrons. The van der Waals surface area contributed by atoms with Crippen molar-refractivity contribution in [2.75, 3.05) is 26.8 Å². The van der Waals surface area contributed by atoms with E-state index in [4.69, 9.17) is 0 Å². The number of non-ortho nitro benzene ring substituents is 1. The number of carbonyl (C=O) groups is 3. The van der Waals surface area contributed by atoms with E-state index in [0.29, 0.717) is 6.07 Å². The number of alkyl halides is 3. The van der Waals surface area contributed by atoms with Crippen LogP contribution in [0.1, 0.15) is 27.6 Å². The minimum Gasteiger partial charge on any atom is -0.465 e. The Kier molecular flexibility index (Phi) is 7.26. The topological polar surface area (TPSA) is 116 Å². The minimum absolute atomic E-state index is 0.115. The zero-order valence-corrected chi connectivity index (χ0v) is 14.2. The van der Waals surface area contributed by atoms with Gasteiger partial charge in [-0.3, -0.25) is 19.7 Å². The van der Waals surface area contributed by atoms with Gasteiger partial charge in [-0.15, -0.1) is 0 Å². The molecule has 0 unspecified atom stereocenters. The van der Waals surface area contributed by atoms with E-state index in [1.807, 2.05) is 0 Å². The molecular formula is C15H15F3N2O7. The van der Waals surface area contributed by atoms with Crippen molar-refractivity contribution in [1.82, 2.24) is 4.90 Å². The lowest BCUT2D eigenvalue weighted by atomic mass is 10.1. The van der Waals surface area contributed by atoms with Crippen molar-refractivity contribution < 1.29 is 42.0 Å². The van der Waals surface area contributed by atoms with Gasteiger partial charge in [0.1, 0.15) is 13.1 Å². The summed E-state index contributed by atoms with van der Waals surface area (Å²) in [6.45, 7) is -1.50. The Labute approximate surface area is 150 Å². The normalized spacial score (nSPS) is 10.9. The molecule has 0 heterocycles. The largest absolute Gasteiger partial charge is 0.465 e. The number of hydrogen-bond donors (Lipinski definition) is 0. The second-order valence-electron chi connectivity index (χ2n) is 5.10. The van der Waals surface area contributed by atoms with Crippen molar-refractivity contribution in [2.45, 2.75) is 13.1 Å². The first kappa shape index (κ1) is 21.9. The van der Waals surface area contributed by atoms with E-state index in [9.17, 15) is 37.7 Å². The van der Waals surface area contributed by atoms with Crippen LogP contribution in [0.2, 0.25) is 0 Å². The molecule has 0 fully saturated rings. The van der Waals surface area contributed by atoms with Crippen LogP contribution < -0.4 is 0 Å². The van der Waals surface area contributed by atoms with Gasteiger partial charge in [0.05, 0.1) is 24.2 Å². The quantitative estimate of drug-likeness (QED) is 0.396. The van der Waals surface area contributed by atoms with Gasteiger partial charge in [0.25, 0.3) is 11.6 Å². The Bertz CT molecular complexity index is 749. The molecule has 1 amide bonds. The van der Waals surface area contributed by atoms with Crippen LogP contribution in [0.5, 0.6) is 0 Å². The smallest absolute Gasteiger partial charge is 0.406 e. The molecule has 0 atom stereocenters. The van der Waals surface area contributed by atoms with E-state index in [1.54, 1.807) is 0 Å². The Balaban J connectivity index is 3.33. The van der Waals surface area contributed by atoms with Crippen molar-refractivity contribution in [3.05, 3.63) is 39.4 Å². The lowest BCUT2D eigenvalue weighted by molar-refractivity contribution is -0.384. The van der Waals surface area contributed by atoms with Crippen molar-refractivity contribution in [1.29, 1.82) is 0 Å². The van der Waals surface area contributed by atoms with Gasteiger partial charge in [-0.05, 0) is 13.0 Å². The molecule has 0 saturated heterocycles. The van der Waals surface area contributed by atoms with Crippen molar-refractivity contribution in [2.24, 2.45) is 0 Å². The second kappa shape index (κ2) is 8.96. The number of carbonyl (C=O) groups excluding carboxylic acids is 3. The van der Waals surface area contributed by atoms with Gasteiger partial charge in [-0.1, -0.05) is 0 Å². The molecule has 1 rings (SSSR count). The third-order valence-corrected chi connectivity index (χ3v) is 3.08. The summed E-state index contributed by atoms with van der Waals surface area (Å²) in [4.78, 5) is 45.7.